The minimum atomic E-state index is -0.327. The normalized spacial score (nSPS) is 10.8. The van der Waals surface area contributed by atoms with Crippen LogP contribution in [0.25, 0.3) is 5.69 Å². The van der Waals surface area contributed by atoms with Crippen LogP contribution in [0.5, 0.6) is 0 Å². The lowest BCUT2D eigenvalue weighted by Gasteiger charge is -2.07. The molecule has 134 valence electrons. The number of carbonyl (C=O) groups is 1. The van der Waals surface area contributed by atoms with E-state index in [-0.39, 0.29) is 17.5 Å². The van der Waals surface area contributed by atoms with E-state index < -0.39 is 0 Å². The van der Waals surface area contributed by atoms with Gasteiger partial charge in [-0.25, -0.2) is 9.07 Å². The maximum atomic E-state index is 12.9. The summed E-state index contributed by atoms with van der Waals surface area (Å²) in [6.07, 6.45) is 0. The van der Waals surface area contributed by atoms with E-state index in [1.54, 1.807) is 12.1 Å². The highest BCUT2D eigenvalue weighted by atomic mass is 32.2. The van der Waals surface area contributed by atoms with Gasteiger partial charge in [0.25, 0.3) is 0 Å². The average Bonchev–Trinajstić information content (AvgIpc) is 2.90. The zero-order valence-electron chi connectivity index (χ0n) is 14.9. The molecular formula is C20H20FN3OS. The first kappa shape index (κ1) is 18.2. The van der Waals surface area contributed by atoms with Gasteiger partial charge in [-0.2, -0.15) is 5.10 Å². The summed E-state index contributed by atoms with van der Waals surface area (Å²) in [6.45, 7) is 5.99. The third-order valence-corrected chi connectivity index (χ3v) is 5.27. The molecule has 0 saturated carbocycles. The number of aromatic nitrogens is 2. The van der Waals surface area contributed by atoms with E-state index >= 15 is 0 Å². The quantitative estimate of drug-likeness (QED) is 0.665. The smallest absolute Gasteiger partial charge is 0.234 e. The molecule has 0 unspecified atom stereocenters. The van der Waals surface area contributed by atoms with Crippen molar-refractivity contribution in [3.8, 4) is 5.69 Å². The number of rotatable bonds is 5. The predicted molar refractivity (Wildman–Crippen MR) is 104 cm³/mol. The summed E-state index contributed by atoms with van der Waals surface area (Å²) >= 11 is 1.45. The second-order valence-electron chi connectivity index (χ2n) is 6.09. The van der Waals surface area contributed by atoms with Gasteiger partial charge >= 0.3 is 0 Å². The monoisotopic (exact) mass is 369 g/mol. The highest BCUT2D eigenvalue weighted by Gasteiger charge is 2.15. The Bertz CT molecular complexity index is 917. The van der Waals surface area contributed by atoms with Crippen molar-refractivity contribution in [1.82, 2.24) is 9.78 Å². The van der Waals surface area contributed by atoms with Crippen molar-refractivity contribution in [3.63, 3.8) is 0 Å². The number of thioether (sulfide) groups is 1. The van der Waals surface area contributed by atoms with Gasteiger partial charge in [-0.15, -0.1) is 11.8 Å². The SMILES string of the molecule is Cc1ccc(-n2nc(C)c(SCC(=O)Nc3ccc(F)cc3)c2C)cc1. The molecule has 6 heteroatoms. The fraction of sp³-hybridized carbons (Fsp3) is 0.200. The third kappa shape index (κ3) is 4.14. The van der Waals surface area contributed by atoms with E-state index in [4.69, 9.17) is 0 Å². The molecule has 0 spiro atoms. The molecule has 0 radical (unpaired) electrons. The van der Waals surface area contributed by atoms with E-state index in [0.29, 0.717) is 5.69 Å². The lowest BCUT2D eigenvalue weighted by atomic mass is 10.2. The van der Waals surface area contributed by atoms with Crippen LogP contribution in [-0.4, -0.2) is 21.4 Å². The van der Waals surface area contributed by atoms with Crippen molar-refractivity contribution < 1.29 is 9.18 Å². The van der Waals surface area contributed by atoms with Crippen molar-refractivity contribution >= 4 is 23.4 Å². The molecule has 0 aliphatic heterocycles. The summed E-state index contributed by atoms with van der Waals surface area (Å²) in [5.41, 5.74) is 4.68. The van der Waals surface area contributed by atoms with Gasteiger partial charge in [-0.1, -0.05) is 17.7 Å². The molecule has 1 N–H and O–H groups in total. The van der Waals surface area contributed by atoms with E-state index in [1.807, 2.05) is 37.6 Å². The minimum absolute atomic E-state index is 0.136. The number of hydrogen-bond acceptors (Lipinski definition) is 3. The lowest BCUT2D eigenvalue weighted by molar-refractivity contribution is -0.113. The molecule has 1 amide bonds. The molecule has 0 aliphatic rings. The fourth-order valence-corrected chi connectivity index (χ4v) is 3.54. The first-order valence-corrected chi connectivity index (χ1v) is 9.24. The van der Waals surface area contributed by atoms with Crippen LogP contribution in [0.4, 0.5) is 10.1 Å². The molecule has 1 heterocycles. The number of benzene rings is 2. The largest absolute Gasteiger partial charge is 0.325 e. The number of halogens is 1. The Morgan fingerprint density at radius 3 is 2.38 bits per heavy atom. The number of hydrogen-bond donors (Lipinski definition) is 1. The molecule has 26 heavy (non-hydrogen) atoms. The van der Waals surface area contributed by atoms with E-state index in [2.05, 4.69) is 22.5 Å². The number of nitrogens with one attached hydrogen (secondary N) is 1. The van der Waals surface area contributed by atoms with Crippen LogP contribution < -0.4 is 5.32 Å². The summed E-state index contributed by atoms with van der Waals surface area (Å²) in [6, 6.07) is 13.9. The topological polar surface area (TPSA) is 46.9 Å². The highest BCUT2D eigenvalue weighted by Crippen LogP contribution is 2.28. The minimum Gasteiger partial charge on any atom is -0.325 e. The average molecular weight is 369 g/mol. The molecule has 0 aliphatic carbocycles. The van der Waals surface area contributed by atoms with Crippen molar-refractivity contribution in [2.24, 2.45) is 0 Å². The molecule has 4 nitrogen and oxygen atoms in total. The number of carbonyl (C=O) groups excluding carboxylic acids is 1. The molecule has 3 rings (SSSR count). The van der Waals surface area contributed by atoms with Gasteiger partial charge in [0.05, 0.1) is 27.7 Å². The molecule has 0 bridgehead atoms. The first-order chi connectivity index (χ1) is 12.4. The van der Waals surface area contributed by atoms with Crippen molar-refractivity contribution in [1.29, 1.82) is 0 Å². The zero-order chi connectivity index (χ0) is 18.7. The molecule has 2 aromatic carbocycles. The Balaban J connectivity index is 1.69. The van der Waals surface area contributed by atoms with Gasteiger partial charge in [0.1, 0.15) is 5.82 Å². The standard InChI is InChI=1S/C20H20FN3OS/c1-13-4-10-18(11-5-13)24-15(3)20(14(2)23-24)26-12-19(25)22-17-8-6-16(21)7-9-17/h4-11H,12H2,1-3H3,(H,22,25). The number of amides is 1. The Kier molecular flexibility index (Phi) is 5.42. The molecule has 0 fully saturated rings. The van der Waals surface area contributed by atoms with Crippen molar-refractivity contribution in [2.75, 3.05) is 11.1 Å². The van der Waals surface area contributed by atoms with Gasteiger partial charge in [-0.05, 0) is 57.2 Å². The molecule has 1 aromatic heterocycles. The van der Waals surface area contributed by atoms with Crippen LogP contribution in [0.1, 0.15) is 17.0 Å². The Hall–Kier alpha value is -2.60. The van der Waals surface area contributed by atoms with Gasteiger partial charge < -0.3 is 5.32 Å². The summed E-state index contributed by atoms with van der Waals surface area (Å²) in [7, 11) is 0. The summed E-state index contributed by atoms with van der Waals surface area (Å²) in [4.78, 5) is 13.2. The Labute approximate surface area is 156 Å². The number of anilines is 1. The highest BCUT2D eigenvalue weighted by molar-refractivity contribution is 8.00. The summed E-state index contributed by atoms with van der Waals surface area (Å²) in [5, 5.41) is 7.37. The van der Waals surface area contributed by atoms with E-state index in [1.165, 1.54) is 29.5 Å². The summed E-state index contributed by atoms with van der Waals surface area (Å²) < 4.78 is 14.8. The van der Waals surface area contributed by atoms with Crippen LogP contribution in [0, 0.1) is 26.6 Å². The number of nitrogens with zero attached hydrogens (tertiary/aromatic N) is 2. The van der Waals surface area contributed by atoms with Gasteiger partial charge in [0.2, 0.25) is 5.91 Å². The van der Waals surface area contributed by atoms with Crippen molar-refractivity contribution in [2.45, 2.75) is 25.7 Å². The summed E-state index contributed by atoms with van der Waals surface area (Å²) in [5.74, 6) is -0.200. The maximum Gasteiger partial charge on any atom is 0.234 e. The van der Waals surface area contributed by atoms with Gasteiger partial charge in [0, 0.05) is 5.69 Å². The molecule has 3 aromatic rings. The number of aryl methyl sites for hydroxylation is 2. The predicted octanol–water partition coefficient (Wildman–Crippen LogP) is 4.67. The van der Waals surface area contributed by atoms with Gasteiger partial charge in [0.15, 0.2) is 0 Å². The fourth-order valence-electron chi connectivity index (χ4n) is 2.64. The Morgan fingerprint density at radius 2 is 1.73 bits per heavy atom. The third-order valence-electron chi connectivity index (χ3n) is 3.98. The molecule has 0 saturated heterocycles. The van der Waals surface area contributed by atoms with Crippen LogP contribution in [0.3, 0.4) is 0 Å². The Morgan fingerprint density at radius 1 is 1.08 bits per heavy atom. The second-order valence-corrected chi connectivity index (χ2v) is 7.08. The van der Waals surface area contributed by atoms with Crippen molar-refractivity contribution in [3.05, 3.63) is 71.3 Å². The van der Waals surface area contributed by atoms with Crippen LogP contribution in [-0.2, 0) is 4.79 Å². The van der Waals surface area contributed by atoms with E-state index in [0.717, 1.165) is 22.0 Å². The second kappa shape index (κ2) is 7.74. The van der Waals surface area contributed by atoms with Gasteiger partial charge in [-0.3, -0.25) is 4.79 Å². The lowest BCUT2D eigenvalue weighted by Crippen LogP contribution is -2.14. The first-order valence-electron chi connectivity index (χ1n) is 8.25. The molecule has 0 atom stereocenters. The van der Waals surface area contributed by atoms with Crippen LogP contribution in [0.2, 0.25) is 0 Å². The maximum absolute atomic E-state index is 12.9. The zero-order valence-corrected chi connectivity index (χ0v) is 15.7. The van der Waals surface area contributed by atoms with E-state index in [9.17, 15) is 9.18 Å². The van der Waals surface area contributed by atoms with Crippen LogP contribution >= 0.6 is 11.8 Å². The molecular weight excluding hydrogens is 349 g/mol. The van der Waals surface area contributed by atoms with Crippen LogP contribution in [0.15, 0.2) is 53.4 Å².